The van der Waals surface area contributed by atoms with Crippen molar-refractivity contribution in [1.29, 1.82) is 0 Å². The van der Waals surface area contributed by atoms with Gasteiger partial charge in [-0.05, 0) is 37.5 Å². The summed E-state index contributed by atoms with van der Waals surface area (Å²) in [5.41, 5.74) is 1.57. The predicted octanol–water partition coefficient (Wildman–Crippen LogP) is 6.38. The van der Waals surface area contributed by atoms with Crippen LogP contribution in [0.3, 0.4) is 0 Å². The van der Waals surface area contributed by atoms with Crippen molar-refractivity contribution in [3.63, 3.8) is 0 Å². The number of para-hydroxylation sites is 2. The molecular weight excluding hydrogens is 444 g/mol. The molecule has 1 aromatic heterocycles. The summed E-state index contributed by atoms with van der Waals surface area (Å²) in [5, 5.41) is 12.4. The van der Waals surface area contributed by atoms with Crippen molar-refractivity contribution in [2.45, 2.75) is 61.9 Å². The number of hydrogen-bond acceptors (Lipinski definition) is 5. The summed E-state index contributed by atoms with van der Waals surface area (Å²) in [6, 6.07) is 17.3. The van der Waals surface area contributed by atoms with Crippen LogP contribution in [0.2, 0.25) is 0 Å². The Morgan fingerprint density at radius 3 is 2.62 bits per heavy atom. The lowest BCUT2D eigenvalue weighted by Gasteiger charge is -2.22. The molecule has 2 aromatic carbocycles. The van der Waals surface area contributed by atoms with Crippen molar-refractivity contribution in [1.82, 2.24) is 14.8 Å². The summed E-state index contributed by atoms with van der Waals surface area (Å²) in [7, 11) is 0. The lowest BCUT2D eigenvalue weighted by Crippen LogP contribution is -2.20. The number of allylic oxidation sites excluding steroid dienone is 1. The van der Waals surface area contributed by atoms with Gasteiger partial charge in [-0.15, -0.1) is 16.8 Å². The van der Waals surface area contributed by atoms with Crippen molar-refractivity contribution in [3.8, 4) is 5.75 Å². The van der Waals surface area contributed by atoms with Gasteiger partial charge in [-0.1, -0.05) is 79.6 Å². The average Bonchev–Trinajstić information content (AvgIpc) is 3.27. The fourth-order valence-electron chi connectivity index (χ4n) is 4.41. The van der Waals surface area contributed by atoms with Crippen molar-refractivity contribution < 1.29 is 9.53 Å². The highest BCUT2D eigenvalue weighted by atomic mass is 32.2. The minimum atomic E-state index is -0.497. The highest BCUT2D eigenvalue weighted by molar-refractivity contribution is 8.00. The minimum absolute atomic E-state index is 0.129. The number of benzene rings is 2. The number of hydrogen-bond donors (Lipinski definition) is 1. The number of amides is 1. The van der Waals surface area contributed by atoms with E-state index in [0.29, 0.717) is 30.5 Å². The molecule has 0 radical (unpaired) electrons. The second kappa shape index (κ2) is 11.9. The molecule has 34 heavy (non-hydrogen) atoms. The van der Waals surface area contributed by atoms with E-state index in [-0.39, 0.29) is 5.91 Å². The number of carbonyl (C=O) groups excluding carboxylic acids is 1. The first-order valence-corrected chi connectivity index (χ1v) is 12.9. The Bertz CT molecular complexity index is 1090. The van der Waals surface area contributed by atoms with Gasteiger partial charge in [-0.25, -0.2) is 0 Å². The van der Waals surface area contributed by atoms with E-state index in [1.54, 1.807) is 0 Å². The molecule has 1 N–H and O–H groups in total. The number of aromatic nitrogens is 3. The Kier molecular flexibility index (Phi) is 8.41. The molecule has 0 aliphatic heterocycles. The number of rotatable bonds is 10. The van der Waals surface area contributed by atoms with Crippen LogP contribution >= 0.6 is 11.8 Å². The maximum atomic E-state index is 13.6. The van der Waals surface area contributed by atoms with Crippen LogP contribution in [0, 0.1) is 0 Å². The van der Waals surface area contributed by atoms with Gasteiger partial charge in [0.2, 0.25) is 5.91 Å². The second-order valence-electron chi connectivity index (χ2n) is 8.40. The summed E-state index contributed by atoms with van der Waals surface area (Å²) in [5.74, 6) is 1.95. The number of carbonyl (C=O) groups is 1. The lowest BCUT2D eigenvalue weighted by molar-refractivity contribution is -0.115. The highest BCUT2D eigenvalue weighted by Crippen LogP contribution is 2.39. The molecule has 1 aliphatic rings. The number of anilines is 1. The second-order valence-corrected chi connectivity index (χ2v) is 9.47. The smallest absolute Gasteiger partial charge is 0.242 e. The van der Waals surface area contributed by atoms with Crippen LogP contribution in [-0.2, 0) is 11.3 Å². The zero-order valence-corrected chi connectivity index (χ0v) is 20.5. The van der Waals surface area contributed by atoms with Crippen LogP contribution in [0.5, 0.6) is 5.75 Å². The van der Waals surface area contributed by atoms with Crippen molar-refractivity contribution in [2.75, 3.05) is 11.9 Å². The van der Waals surface area contributed by atoms with E-state index >= 15 is 0 Å². The maximum Gasteiger partial charge on any atom is 0.242 e. The SMILES string of the molecule is C=CCn1c(SC(C(=O)Nc2ccccc2OCC)c2ccccc2)nnc1C1CCCCC1. The molecule has 1 aliphatic carbocycles. The van der Waals surface area contributed by atoms with Gasteiger partial charge in [-0.2, -0.15) is 0 Å². The summed E-state index contributed by atoms with van der Waals surface area (Å²) in [6.07, 6.45) is 7.88. The minimum Gasteiger partial charge on any atom is -0.492 e. The van der Waals surface area contributed by atoms with Crippen molar-refractivity contribution >= 4 is 23.4 Å². The van der Waals surface area contributed by atoms with Crippen LogP contribution in [0.4, 0.5) is 5.69 Å². The van der Waals surface area contributed by atoms with Gasteiger partial charge in [0.1, 0.15) is 16.8 Å². The first-order chi connectivity index (χ1) is 16.7. The van der Waals surface area contributed by atoms with Crippen LogP contribution in [0.15, 0.2) is 72.4 Å². The molecule has 7 heteroatoms. The van der Waals surface area contributed by atoms with Gasteiger partial charge < -0.3 is 14.6 Å². The summed E-state index contributed by atoms with van der Waals surface area (Å²) < 4.78 is 7.83. The Balaban J connectivity index is 1.63. The fourth-order valence-corrected chi connectivity index (χ4v) is 5.46. The third-order valence-corrected chi connectivity index (χ3v) is 7.27. The molecule has 1 amide bonds. The van der Waals surface area contributed by atoms with E-state index in [2.05, 4.69) is 26.7 Å². The largest absolute Gasteiger partial charge is 0.492 e. The molecule has 0 spiro atoms. The molecule has 1 fully saturated rings. The molecule has 0 bridgehead atoms. The molecule has 1 atom stereocenters. The van der Waals surface area contributed by atoms with Crippen LogP contribution in [0.25, 0.3) is 0 Å². The summed E-state index contributed by atoms with van der Waals surface area (Å²) in [6.45, 7) is 7.02. The molecule has 1 unspecified atom stereocenters. The molecule has 3 aromatic rings. The quantitative estimate of drug-likeness (QED) is 0.271. The van der Waals surface area contributed by atoms with Crippen LogP contribution in [-0.4, -0.2) is 27.3 Å². The van der Waals surface area contributed by atoms with Crippen LogP contribution in [0.1, 0.15) is 61.6 Å². The Morgan fingerprint density at radius 1 is 1.15 bits per heavy atom. The Hall–Kier alpha value is -3.06. The van der Waals surface area contributed by atoms with E-state index in [1.807, 2.05) is 67.6 Å². The number of nitrogens with one attached hydrogen (secondary N) is 1. The van der Waals surface area contributed by atoms with Gasteiger partial charge in [0.15, 0.2) is 5.16 Å². The van der Waals surface area contributed by atoms with Gasteiger partial charge >= 0.3 is 0 Å². The average molecular weight is 477 g/mol. The molecule has 1 saturated carbocycles. The third-order valence-electron chi connectivity index (χ3n) is 6.04. The van der Waals surface area contributed by atoms with E-state index < -0.39 is 5.25 Å². The van der Waals surface area contributed by atoms with E-state index in [4.69, 9.17) is 4.74 Å². The Morgan fingerprint density at radius 2 is 1.88 bits per heavy atom. The molecule has 0 saturated heterocycles. The van der Waals surface area contributed by atoms with Gasteiger partial charge in [-0.3, -0.25) is 4.79 Å². The fraction of sp³-hybridized carbons (Fsp3) is 0.370. The summed E-state index contributed by atoms with van der Waals surface area (Å²) in [4.78, 5) is 13.6. The topological polar surface area (TPSA) is 69.0 Å². The third kappa shape index (κ3) is 5.70. The van der Waals surface area contributed by atoms with E-state index in [9.17, 15) is 4.79 Å². The summed E-state index contributed by atoms with van der Waals surface area (Å²) >= 11 is 1.43. The normalized spacial score (nSPS) is 15.0. The monoisotopic (exact) mass is 476 g/mol. The molecular formula is C27H32N4O2S. The lowest BCUT2D eigenvalue weighted by atomic mass is 9.89. The zero-order valence-electron chi connectivity index (χ0n) is 19.7. The van der Waals surface area contributed by atoms with Crippen molar-refractivity contribution in [2.24, 2.45) is 0 Å². The first-order valence-electron chi connectivity index (χ1n) is 12.0. The highest BCUT2D eigenvalue weighted by Gasteiger charge is 2.28. The van der Waals surface area contributed by atoms with Gasteiger partial charge in [0.25, 0.3) is 0 Å². The zero-order chi connectivity index (χ0) is 23.8. The van der Waals surface area contributed by atoms with E-state index in [1.165, 1.54) is 31.0 Å². The molecule has 6 nitrogen and oxygen atoms in total. The van der Waals surface area contributed by atoms with Gasteiger partial charge in [0.05, 0.1) is 12.3 Å². The molecule has 1 heterocycles. The number of nitrogens with zero attached hydrogens (tertiary/aromatic N) is 3. The molecule has 4 rings (SSSR count). The molecule has 178 valence electrons. The van der Waals surface area contributed by atoms with Crippen molar-refractivity contribution in [3.05, 3.63) is 78.6 Å². The maximum absolute atomic E-state index is 13.6. The Labute approximate surface area is 205 Å². The predicted molar refractivity (Wildman–Crippen MR) is 137 cm³/mol. The number of thioether (sulfide) groups is 1. The standard InChI is InChI=1S/C27H32N4O2S/c1-3-19-31-25(21-15-9-6-10-16-21)29-30-27(31)34-24(20-13-7-5-8-14-20)26(32)28-22-17-11-12-18-23(22)33-4-2/h3,5,7-8,11-14,17-18,21,24H,1,4,6,9-10,15-16,19H2,2H3,(H,28,32). The van der Waals surface area contributed by atoms with Gasteiger partial charge in [0, 0.05) is 12.5 Å². The van der Waals surface area contributed by atoms with E-state index in [0.717, 1.165) is 29.4 Å². The van der Waals surface area contributed by atoms with Crippen LogP contribution < -0.4 is 10.1 Å². The first kappa shape index (κ1) is 24.1. The number of ether oxygens (including phenoxy) is 1.